The molecule has 0 spiro atoms. The molecular weight excluding hydrogens is 1290 g/mol. The van der Waals surface area contributed by atoms with E-state index in [9.17, 15) is 112 Å². The lowest BCUT2D eigenvalue weighted by molar-refractivity contribution is -0.396. The van der Waals surface area contributed by atoms with Gasteiger partial charge in [0.25, 0.3) is 5.91 Å². The number of aliphatic hydroxyl groups excluding tert-OH is 20. The van der Waals surface area contributed by atoms with Crippen molar-refractivity contribution in [1.82, 2.24) is 5.32 Å². The molecule has 21 N–H and O–H groups in total. The number of anilines is 1. The molecule has 1 aromatic heterocycles. The molecular formula is C56H84N2O37. The smallest absolute Gasteiger partial charge is 0.349 e. The third-order valence-corrected chi connectivity index (χ3v) is 18.2. The third kappa shape index (κ3) is 14.8. The second-order valence-corrected chi connectivity index (χ2v) is 24.0. The number of nitrogens with one attached hydrogen (secondary N) is 1. The Bertz CT molecular complexity index is 2850. The lowest BCUT2D eigenvalue weighted by Gasteiger charge is -2.50. The first kappa shape index (κ1) is 74.0. The summed E-state index contributed by atoms with van der Waals surface area (Å²) in [5.74, 6) is -1.11. The fraction of sp³-hybridized carbons (Fsp3) is 0.821. The molecule has 39 heteroatoms. The highest BCUT2D eigenvalue weighted by molar-refractivity contribution is 5.97. The van der Waals surface area contributed by atoms with E-state index in [-0.39, 0.29) is 5.58 Å². The number of hydrogen-bond donors (Lipinski definition) is 21. The zero-order valence-corrected chi connectivity index (χ0v) is 50.7. The van der Waals surface area contributed by atoms with Gasteiger partial charge in [-0.1, -0.05) is 0 Å². The van der Waals surface area contributed by atoms with Crippen LogP contribution in [-0.2, 0) is 66.3 Å². The third-order valence-electron chi connectivity index (χ3n) is 18.2. The second-order valence-electron chi connectivity index (χ2n) is 24.0. The van der Waals surface area contributed by atoms with Crippen molar-refractivity contribution in [2.45, 2.75) is 229 Å². The van der Waals surface area contributed by atoms with Gasteiger partial charge in [0.1, 0.15) is 182 Å². The van der Waals surface area contributed by atoms with Crippen LogP contribution in [0.3, 0.4) is 0 Å². The highest BCUT2D eigenvalue weighted by Gasteiger charge is 2.60. The second kappa shape index (κ2) is 31.5. The van der Waals surface area contributed by atoms with E-state index in [1.54, 1.807) is 18.2 Å². The maximum absolute atomic E-state index is 14.0. The lowest BCUT2D eigenvalue weighted by atomic mass is 9.95. The van der Waals surface area contributed by atoms with Crippen molar-refractivity contribution >= 4 is 22.6 Å². The number of carbonyl (C=O) groups is 1. The van der Waals surface area contributed by atoms with Gasteiger partial charge in [0.05, 0.1) is 39.6 Å². The Morgan fingerprint density at radius 2 is 0.621 bits per heavy atom. The van der Waals surface area contributed by atoms with E-state index in [0.717, 1.165) is 0 Å². The van der Waals surface area contributed by atoms with E-state index in [1.165, 1.54) is 6.07 Å². The van der Waals surface area contributed by atoms with Gasteiger partial charge in [-0.05, 0) is 32.0 Å². The SMILES string of the molecule is CCN(CC)c1ccc2cc(C(=O)NC[C@H]3O[C@@H]4O[C@H]5[C@H](O)[C@@H](O)[C@@H](O[C@H]6[C@H](O)[C@@H](O)[C@H](O[C@@H]6CO)O[C@H]6C(O)C(O)[C@H](O[C@@H]6CO)O[C@H]6C(O)C(O)[C@@H](O[C@H]7[C@H](O)C(O)[C@@H](O[C@H]8[C@H](O)C(O)[C@@H](O[C@H]3[C@H](O)[C@H]4O)O[C@@H]8CO)O[C@@H]7CO)O[C@@H]6CO)O[C@@H]5CO)c(=O)oc2c1. The fourth-order valence-electron chi connectivity index (χ4n) is 12.8. The molecule has 540 valence electrons. The van der Waals surface area contributed by atoms with Crippen molar-refractivity contribution in [3.8, 4) is 0 Å². The first-order valence-electron chi connectivity index (χ1n) is 30.8. The molecule has 14 bridgehead atoms. The molecule has 35 atom stereocenters. The lowest BCUT2D eigenvalue weighted by Crippen LogP contribution is -2.68. The number of carbonyl (C=O) groups excluding carboxylic acids is 1. The summed E-state index contributed by atoms with van der Waals surface area (Å²) >= 11 is 0. The first-order chi connectivity index (χ1) is 45.3. The zero-order valence-electron chi connectivity index (χ0n) is 50.7. The van der Waals surface area contributed by atoms with Crippen LogP contribution in [0.5, 0.6) is 0 Å². The Balaban J connectivity index is 0.953. The monoisotopic (exact) mass is 1380 g/mol. The van der Waals surface area contributed by atoms with Crippen LogP contribution < -0.4 is 15.8 Å². The molecule has 39 nitrogen and oxygen atoms in total. The van der Waals surface area contributed by atoms with E-state index in [2.05, 4.69) is 5.32 Å². The van der Waals surface area contributed by atoms with Crippen molar-refractivity contribution in [3.05, 3.63) is 40.2 Å². The molecule has 1 amide bonds. The minimum atomic E-state index is -2.33. The molecule has 95 heavy (non-hydrogen) atoms. The predicted octanol–water partition coefficient (Wildman–Crippen LogP) is -12.8. The van der Waals surface area contributed by atoms with Crippen LogP contribution in [0.25, 0.3) is 11.0 Å². The van der Waals surface area contributed by atoms with Gasteiger partial charge in [-0.25, -0.2) is 4.79 Å². The number of hydrogen-bond acceptors (Lipinski definition) is 38. The highest BCUT2D eigenvalue weighted by Crippen LogP contribution is 2.39. The van der Waals surface area contributed by atoms with Gasteiger partial charge in [-0.15, -0.1) is 0 Å². The first-order valence-corrected chi connectivity index (χ1v) is 30.8. The van der Waals surface area contributed by atoms with Gasteiger partial charge in [0.2, 0.25) is 0 Å². The molecule has 22 heterocycles. The van der Waals surface area contributed by atoms with Crippen LogP contribution >= 0.6 is 0 Å². The maximum Gasteiger partial charge on any atom is 0.349 e. The van der Waals surface area contributed by atoms with E-state index < -0.39 is 278 Å². The van der Waals surface area contributed by atoms with Crippen molar-refractivity contribution in [3.63, 3.8) is 0 Å². The molecule has 0 radical (unpaired) electrons. The quantitative estimate of drug-likeness (QED) is 0.0878. The van der Waals surface area contributed by atoms with Crippen molar-refractivity contribution in [2.24, 2.45) is 0 Å². The topological polar surface area (TPSA) is 596 Å². The molecule has 23 rings (SSSR count). The van der Waals surface area contributed by atoms with Crippen LogP contribution in [0, 0.1) is 0 Å². The van der Waals surface area contributed by atoms with Crippen LogP contribution in [-0.4, -0.2) is 382 Å². The number of amides is 1. The van der Waals surface area contributed by atoms with Crippen molar-refractivity contribution in [1.29, 1.82) is 0 Å². The van der Waals surface area contributed by atoms with Gasteiger partial charge in [0, 0.05) is 36.8 Å². The normalized spacial score (nSPS) is 47.0. The fourth-order valence-corrected chi connectivity index (χ4v) is 12.8. The summed E-state index contributed by atoms with van der Waals surface area (Å²) in [7, 11) is 0. The summed E-state index contributed by atoms with van der Waals surface area (Å²) in [5, 5.41) is 228. The van der Waals surface area contributed by atoms with Gasteiger partial charge in [-0.2, -0.15) is 0 Å². The largest absolute Gasteiger partial charge is 0.422 e. The van der Waals surface area contributed by atoms with Gasteiger partial charge in [-0.3, -0.25) is 4.79 Å². The molecule has 6 unspecified atom stereocenters. The Morgan fingerprint density at radius 1 is 0.368 bits per heavy atom. The Morgan fingerprint density at radius 3 is 0.874 bits per heavy atom. The van der Waals surface area contributed by atoms with Crippen LogP contribution in [0.2, 0.25) is 0 Å². The highest BCUT2D eigenvalue weighted by atomic mass is 16.8. The van der Waals surface area contributed by atoms with Gasteiger partial charge in [0.15, 0.2) is 44.0 Å². The number of rotatable bonds is 12. The van der Waals surface area contributed by atoms with Crippen molar-refractivity contribution in [2.75, 3.05) is 64.2 Å². The zero-order chi connectivity index (χ0) is 68.8. The summed E-state index contributed by atoms with van der Waals surface area (Å²) in [5.41, 5.74) is -0.795. The summed E-state index contributed by atoms with van der Waals surface area (Å²) in [6.45, 7) is -2.29. The molecule has 21 fully saturated rings. The molecule has 21 saturated heterocycles. The molecule has 2 aromatic rings. The van der Waals surface area contributed by atoms with Crippen molar-refractivity contribution < 1.29 is 178 Å². The van der Waals surface area contributed by atoms with Crippen LogP contribution in [0.1, 0.15) is 24.2 Å². The minimum absolute atomic E-state index is 0.131. The number of fused-ring (bicyclic) bond motifs is 1. The number of nitrogens with zero attached hydrogens (tertiary/aromatic N) is 1. The number of ether oxygens (including phenoxy) is 14. The minimum Gasteiger partial charge on any atom is -0.422 e. The summed E-state index contributed by atoms with van der Waals surface area (Å²) in [6, 6.07) is 6.18. The summed E-state index contributed by atoms with van der Waals surface area (Å²) in [6.07, 6.45) is -72.8. The Kier molecular flexibility index (Phi) is 24.5. The summed E-state index contributed by atoms with van der Waals surface area (Å²) < 4.78 is 86.8. The molecule has 0 saturated carbocycles. The standard InChI is InChI=1S/C56H84N2O37/c1-3-58(4-2)17-6-5-16-7-18(49(80)81-19(16)8-17)48(79)57-9-20-41-27(65)34(72)50(82-20)90-42-21(10-59)84-52(36(74)29(42)67)92-44-23(12-61)86-54(38(76)31(44)69)94-46-25(14-63)88-56(40(78)33(46)71)95-47-26(15-64)87-55(39(77)32(47)70)93-45-24(13-62)85-53(37(75)30(45)68)91-43-22(11-60)83-51(89-41)35(73)28(43)66/h5-8,20-47,50-56,59-78H,3-4,9-15H2,1-2H3,(H,57,79)/t20-,21-,22-,23-,24-,25-,26-,27-,28-,29-,30-,31-,32?,33?,34-,35?,36-,37?,38-,39?,40?,41-,42-,43-,44-,45-,46-,47-,50-,51-,52-,53-,54-,55-,56-/m1/s1. The Labute approximate surface area is 537 Å². The molecule has 21 aliphatic heterocycles. The van der Waals surface area contributed by atoms with E-state index in [4.69, 9.17) is 70.7 Å². The predicted molar refractivity (Wildman–Crippen MR) is 300 cm³/mol. The number of aliphatic hydroxyl groups is 20. The average Bonchev–Trinajstić information content (AvgIpc) is 0.790. The van der Waals surface area contributed by atoms with Gasteiger partial charge >= 0.3 is 5.63 Å². The summed E-state index contributed by atoms with van der Waals surface area (Å²) in [4.78, 5) is 29.4. The van der Waals surface area contributed by atoms with Gasteiger partial charge < -0.3 is 183 Å². The van der Waals surface area contributed by atoms with E-state index in [1.807, 2.05) is 18.7 Å². The van der Waals surface area contributed by atoms with Crippen LogP contribution in [0.15, 0.2) is 33.5 Å². The van der Waals surface area contributed by atoms with Crippen LogP contribution in [0.4, 0.5) is 5.69 Å². The molecule has 0 aliphatic carbocycles. The molecule has 1 aromatic carbocycles. The maximum atomic E-state index is 14.0. The average molecular weight is 1380 g/mol. The van der Waals surface area contributed by atoms with E-state index >= 15 is 0 Å². The Hall–Kier alpha value is -3.66. The number of benzene rings is 1. The molecule has 21 aliphatic rings. The van der Waals surface area contributed by atoms with E-state index in [0.29, 0.717) is 24.2 Å².